The topological polar surface area (TPSA) is 87.5 Å². The molecule has 4 N–H and O–H groups in total. The molecule has 0 aliphatic heterocycles. The van der Waals surface area contributed by atoms with E-state index in [4.69, 9.17) is 10.8 Å². The predicted octanol–water partition coefficient (Wildman–Crippen LogP) is -0.479. The van der Waals surface area contributed by atoms with Gasteiger partial charge in [0.05, 0.1) is 12.8 Å². The minimum atomic E-state index is 0.0145. The van der Waals surface area contributed by atoms with Crippen molar-refractivity contribution >= 4 is 11.8 Å². The number of hydrogen-bond acceptors (Lipinski definition) is 5. The van der Waals surface area contributed by atoms with Crippen LogP contribution in [0.2, 0.25) is 0 Å². The molecule has 74 valence electrons. The lowest BCUT2D eigenvalue weighted by molar-refractivity contribution is 0.193. The number of nitrogens with two attached hydrogens (primary N) is 1. The lowest BCUT2D eigenvalue weighted by Gasteiger charge is -2.19. The van der Waals surface area contributed by atoms with E-state index >= 15 is 0 Å². The quantitative estimate of drug-likeness (QED) is 0.553. The fourth-order valence-corrected chi connectivity index (χ4v) is 1.08. The molecule has 0 fully saturated rings. The molecule has 0 spiro atoms. The Morgan fingerprint density at radius 1 is 1.69 bits per heavy atom. The summed E-state index contributed by atoms with van der Waals surface area (Å²) in [5, 5.41) is 18.1. The molecule has 1 aromatic rings. The van der Waals surface area contributed by atoms with Crippen LogP contribution in [-0.4, -0.2) is 39.7 Å². The van der Waals surface area contributed by atoms with E-state index in [2.05, 4.69) is 4.98 Å². The third-order valence-electron chi connectivity index (χ3n) is 1.78. The number of aromatic nitrogens is 2. The molecule has 0 saturated carbocycles. The van der Waals surface area contributed by atoms with Crippen molar-refractivity contribution in [1.82, 2.24) is 9.71 Å². The SMILES string of the molecule is CCN(CCO)c1ncc(N)n1O. The highest BCUT2D eigenvalue weighted by Gasteiger charge is 2.12. The van der Waals surface area contributed by atoms with Crippen molar-refractivity contribution in [2.45, 2.75) is 6.92 Å². The molecule has 13 heavy (non-hydrogen) atoms. The first-order valence-corrected chi connectivity index (χ1v) is 4.09. The number of imidazole rings is 1. The monoisotopic (exact) mass is 186 g/mol. The zero-order valence-electron chi connectivity index (χ0n) is 7.51. The standard InChI is InChI=1S/C7H14N4O2/c1-2-10(3-4-12)7-9-5-6(8)11(7)13/h5,12-13H,2-4,8H2,1H3. The Balaban J connectivity index is 2.84. The molecule has 0 saturated heterocycles. The number of aliphatic hydroxyl groups is 1. The third-order valence-corrected chi connectivity index (χ3v) is 1.78. The highest BCUT2D eigenvalue weighted by atomic mass is 16.5. The van der Waals surface area contributed by atoms with Crippen LogP contribution in [0.5, 0.6) is 0 Å². The molecule has 6 heteroatoms. The minimum Gasteiger partial charge on any atom is -0.423 e. The van der Waals surface area contributed by atoms with Crippen LogP contribution in [0.25, 0.3) is 0 Å². The van der Waals surface area contributed by atoms with Crippen molar-refractivity contribution in [3.63, 3.8) is 0 Å². The predicted molar refractivity (Wildman–Crippen MR) is 48.8 cm³/mol. The smallest absolute Gasteiger partial charge is 0.241 e. The second-order valence-corrected chi connectivity index (χ2v) is 2.60. The lowest BCUT2D eigenvalue weighted by Crippen LogP contribution is -2.29. The summed E-state index contributed by atoms with van der Waals surface area (Å²) in [5.41, 5.74) is 5.39. The Bertz CT molecular complexity index is 273. The van der Waals surface area contributed by atoms with Crippen LogP contribution in [0, 0.1) is 0 Å². The number of nitrogen functional groups attached to an aromatic ring is 1. The van der Waals surface area contributed by atoms with Crippen LogP contribution in [0.1, 0.15) is 6.92 Å². The van der Waals surface area contributed by atoms with Gasteiger partial charge in [-0.25, -0.2) is 4.98 Å². The molecule has 0 amide bonds. The second-order valence-electron chi connectivity index (χ2n) is 2.60. The third kappa shape index (κ3) is 1.83. The summed E-state index contributed by atoms with van der Waals surface area (Å²) in [6.07, 6.45) is 1.37. The van der Waals surface area contributed by atoms with Gasteiger partial charge in [0.2, 0.25) is 5.95 Å². The molecular formula is C7H14N4O2. The Labute approximate surface area is 76.2 Å². The average Bonchev–Trinajstić information content (AvgIpc) is 2.45. The van der Waals surface area contributed by atoms with E-state index in [9.17, 15) is 5.21 Å². The van der Waals surface area contributed by atoms with Gasteiger partial charge < -0.3 is 20.9 Å². The van der Waals surface area contributed by atoms with Crippen LogP contribution < -0.4 is 10.6 Å². The fourth-order valence-electron chi connectivity index (χ4n) is 1.08. The normalized spacial score (nSPS) is 10.3. The van der Waals surface area contributed by atoms with E-state index in [-0.39, 0.29) is 12.4 Å². The van der Waals surface area contributed by atoms with E-state index in [0.29, 0.717) is 19.0 Å². The summed E-state index contributed by atoms with van der Waals surface area (Å²) in [7, 11) is 0. The van der Waals surface area contributed by atoms with Crippen molar-refractivity contribution in [1.29, 1.82) is 0 Å². The molecule has 1 rings (SSSR count). The summed E-state index contributed by atoms with van der Waals surface area (Å²) < 4.78 is 0.805. The van der Waals surface area contributed by atoms with E-state index in [1.54, 1.807) is 4.90 Å². The van der Waals surface area contributed by atoms with Gasteiger partial charge in [-0.1, -0.05) is 0 Å². The van der Waals surface area contributed by atoms with Crippen LogP contribution in [-0.2, 0) is 0 Å². The van der Waals surface area contributed by atoms with Crippen LogP contribution in [0.4, 0.5) is 11.8 Å². The van der Waals surface area contributed by atoms with Gasteiger partial charge in [0.15, 0.2) is 5.82 Å². The van der Waals surface area contributed by atoms with Gasteiger partial charge in [-0.05, 0) is 6.92 Å². The van der Waals surface area contributed by atoms with E-state index < -0.39 is 0 Å². The van der Waals surface area contributed by atoms with Gasteiger partial charge in [-0.2, -0.15) is 0 Å². The number of aliphatic hydroxyl groups excluding tert-OH is 1. The van der Waals surface area contributed by atoms with Crippen molar-refractivity contribution in [3.8, 4) is 0 Å². The Morgan fingerprint density at radius 2 is 2.38 bits per heavy atom. The summed E-state index contributed by atoms with van der Waals surface area (Å²) in [6, 6.07) is 0. The first-order valence-electron chi connectivity index (χ1n) is 4.09. The van der Waals surface area contributed by atoms with Gasteiger partial charge in [-0.3, -0.25) is 0 Å². The number of hydrogen-bond donors (Lipinski definition) is 3. The Hall–Kier alpha value is -1.43. The number of likely N-dealkylation sites (N-methyl/N-ethyl adjacent to an activating group) is 1. The molecule has 0 aliphatic rings. The molecule has 6 nitrogen and oxygen atoms in total. The highest BCUT2D eigenvalue weighted by molar-refractivity contribution is 5.40. The molecule has 0 radical (unpaired) electrons. The first kappa shape index (κ1) is 9.66. The summed E-state index contributed by atoms with van der Waals surface area (Å²) in [6.45, 7) is 2.99. The van der Waals surface area contributed by atoms with Gasteiger partial charge in [-0.15, -0.1) is 4.73 Å². The largest absolute Gasteiger partial charge is 0.423 e. The molecule has 0 unspecified atom stereocenters. The number of anilines is 2. The lowest BCUT2D eigenvalue weighted by atomic mass is 10.5. The highest BCUT2D eigenvalue weighted by Crippen LogP contribution is 2.13. The summed E-state index contributed by atoms with van der Waals surface area (Å²) in [4.78, 5) is 5.63. The molecule has 0 atom stereocenters. The second kappa shape index (κ2) is 3.99. The first-order chi connectivity index (χ1) is 6.20. The molecular weight excluding hydrogens is 172 g/mol. The van der Waals surface area contributed by atoms with Gasteiger partial charge in [0.1, 0.15) is 0 Å². The van der Waals surface area contributed by atoms with Crippen molar-refractivity contribution < 1.29 is 10.3 Å². The Morgan fingerprint density at radius 3 is 2.77 bits per heavy atom. The van der Waals surface area contributed by atoms with Crippen LogP contribution >= 0.6 is 0 Å². The molecule has 0 bridgehead atoms. The summed E-state index contributed by atoms with van der Waals surface area (Å²) >= 11 is 0. The van der Waals surface area contributed by atoms with E-state index in [1.165, 1.54) is 6.20 Å². The molecule has 0 aliphatic carbocycles. The maximum absolute atomic E-state index is 9.37. The minimum absolute atomic E-state index is 0.0145. The molecule has 0 aromatic carbocycles. The number of nitrogens with zero attached hydrogens (tertiary/aromatic N) is 3. The van der Waals surface area contributed by atoms with Crippen LogP contribution in [0.15, 0.2) is 6.20 Å². The van der Waals surface area contributed by atoms with Gasteiger partial charge in [0, 0.05) is 13.1 Å². The maximum Gasteiger partial charge on any atom is 0.241 e. The summed E-state index contributed by atoms with van der Waals surface area (Å²) in [5.74, 6) is 0.542. The zero-order chi connectivity index (χ0) is 9.84. The molecule has 1 aromatic heterocycles. The zero-order valence-corrected chi connectivity index (χ0v) is 7.51. The maximum atomic E-state index is 9.37. The van der Waals surface area contributed by atoms with Gasteiger partial charge >= 0.3 is 0 Å². The fraction of sp³-hybridized carbons (Fsp3) is 0.571. The van der Waals surface area contributed by atoms with Gasteiger partial charge in [0.25, 0.3) is 0 Å². The van der Waals surface area contributed by atoms with Crippen molar-refractivity contribution in [2.75, 3.05) is 30.3 Å². The Kier molecular flexibility index (Phi) is 2.97. The number of rotatable bonds is 4. The van der Waals surface area contributed by atoms with E-state index in [1.807, 2.05) is 6.92 Å². The van der Waals surface area contributed by atoms with E-state index in [0.717, 1.165) is 4.73 Å². The van der Waals surface area contributed by atoms with Crippen molar-refractivity contribution in [3.05, 3.63) is 6.20 Å². The van der Waals surface area contributed by atoms with Crippen LogP contribution in [0.3, 0.4) is 0 Å². The van der Waals surface area contributed by atoms with Crippen molar-refractivity contribution in [2.24, 2.45) is 0 Å². The molecule has 1 heterocycles. The average molecular weight is 186 g/mol.